The highest BCUT2D eigenvalue weighted by atomic mass is 127. The molecule has 8 heteroatoms. The molecule has 1 saturated heterocycles. The quantitative estimate of drug-likeness (QED) is 0.245. The molecule has 0 saturated carbocycles. The second-order valence-corrected chi connectivity index (χ2v) is 6.11. The highest BCUT2D eigenvalue weighted by Crippen LogP contribution is 2.24. The molecule has 7 nitrogen and oxygen atoms in total. The van der Waals surface area contributed by atoms with Crippen molar-refractivity contribution in [2.75, 3.05) is 59.7 Å². The maximum Gasteiger partial charge on any atom is 0.191 e. The van der Waals surface area contributed by atoms with Gasteiger partial charge >= 0.3 is 0 Å². The zero-order valence-corrected chi connectivity index (χ0v) is 18.5. The van der Waals surface area contributed by atoms with E-state index in [0.29, 0.717) is 6.54 Å². The minimum Gasteiger partial charge on any atom is -0.465 e. The number of hydrogen-bond acceptors (Lipinski definition) is 5. The van der Waals surface area contributed by atoms with Gasteiger partial charge < -0.3 is 24.5 Å². The highest BCUT2D eigenvalue weighted by Gasteiger charge is 2.25. The smallest absolute Gasteiger partial charge is 0.191 e. The number of nitrogens with zero attached hydrogens (tertiary/aromatic N) is 2. The maximum absolute atomic E-state index is 5.90. The first kappa shape index (κ1) is 23.2. The lowest BCUT2D eigenvalue weighted by molar-refractivity contribution is 0.0135. The molecule has 150 valence electrons. The standard InChI is InChI=1S/C18H32N4O3.HI/c1-4-19-18(20-8-5-11-23-3)21-14-16(17-7-6-15(2)25-17)22-9-12-24-13-10-22;/h6-7,16H,4-5,8-14H2,1-3H3,(H2,19,20,21);1H. The molecule has 2 rings (SSSR count). The lowest BCUT2D eigenvalue weighted by Gasteiger charge is -2.32. The molecule has 2 N–H and O–H groups in total. The van der Waals surface area contributed by atoms with E-state index in [2.05, 4.69) is 28.5 Å². The van der Waals surface area contributed by atoms with E-state index in [9.17, 15) is 0 Å². The van der Waals surface area contributed by atoms with Crippen LogP contribution in [0.1, 0.15) is 30.9 Å². The number of hydrogen-bond donors (Lipinski definition) is 2. The summed E-state index contributed by atoms with van der Waals surface area (Å²) in [6.07, 6.45) is 0.950. The Kier molecular flexibility index (Phi) is 11.9. The topological polar surface area (TPSA) is 71.3 Å². The van der Waals surface area contributed by atoms with E-state index in [1.54, 1.807) is 7.11 Å². The lowest BCUT2D eigenvalue weighted by Crippen LogP contribution is -2.42. The average Bonchev–Trinajstić information content (AvgIpc) is 3.06. The Labute approximate surface area is 173 Å². The molecule has 0 spiro atoms. The Morgan fingerprint density at radius 2 is 2.08 bits per heavy atom. The van der Waals surface area contributed by atoms with Gasteiger partial charge in [0.05, 0.1) is 25.8 Å². The molecule has 26 heavy (non-hydrogen) atoms. The number of methoxy groups -OCH3 is 1. The number of morpholine rings is 1. The van der Waals surface area contributed by atoms with Crippen molar-refractivity contribution in [3.63, 3.8) is 0 Å². The molecule has 1 aliphatic rings. The molecule has 0 aliphatic carbocycles. The van der Waals surface area contributed by atoms with Crippen LogP contribution in [0.2, 0.25) is 0 Å². The minimum absolute atomic E-state index is 0. The summed E-state index contributed by atoms with van der Waals surface area (Å²) in [5, 5.41) is 6.65. The van der Waals surface area contributed by atoms with Gasteiger partial charge in [-0.1, -0.05) is 0 Å². The summed E-state index contributed by atoms with van der Waals surface area (Å²) in [5.74, 6) is 2.74. The Hall–Kier alpha value is -0.840. The summed E-state index contributed by atoms with van der Waals surface area (Å²) >= 11 is 0. The maximum atomic E-state index is 5.90. The first-order valence-electron chi connectivity index (χ1n) is 9.13. The summed E-state index contributed by atoms with van der Waals surface area (Å²) < 4.78 is 16.5. The van der Waals surface area contributed by atoms with Crippen molar-refractivity contribution in [3.8, 4) is 0 Å². The molecular weight excluding hydrogens is 447 g/mol. The predicted molar refractivity (Wildman–Crippen MR) is 114 cm³/mol. The number of ether oxygens (including phenoxy) is 2. The van der Waals surface area contributed by atoms with Gasteiger partial charge in [0.15, 0.2) is 5.96 Å². The average molecular weight is 480 g/mol. The van der Waals surface area contributed by atoms with E-state index in [-0.39, 0.29) is 30.0 Å². The van der Waals surface area contributed by atoms with E-state index < -0.39 is 0 Å². The Morgan fingerprint density at radius 3 is 2.69 bits per heavy atom. The van der Waals surface area contributed by atoms with Gasteiger partial charge in [-0.3, -0.25) is 9.89 Å². The van der Waals surface area contributed by atoms with Crippen molar-refractivity contribution in [3.05, 3.63) is 23.7 Å². The summed E-state index contributed by atoms with van der Waals surface area (Å²) in [5.41, 5.74) is 0. The first-order valence-corrected chi connectivity index (χ1v) is 9.13. The van der Waals surface area contributed by atoms with Crippen LogP contribution < -0.4 is 10.6 Å². The van der Waals surface area contributed by atoms with Crippen LogP contribution in [-0.2, 0) is 9.47 Å². The highest BCUT2D eigenvalue weighted by molar-refractivity contribution is 14.0. The number of guanidine groups is 1. The molecular formula is C18H33IN4O3. The third kappa shape index (κ3) is 7.81. The van der Waals surface area contributed by atoms with Crippen LogP contribution in [0.15, 0.2) is 21.5 Å². The predicted octanol–water partition coefficient (Wildman–Crippen LogP) is 2.17. The van der Waals surface area contributed by atoms with Gasteiger partial charge in [0.2, 0.25) is 0 Å². The van der Waals surface area contributed by atoms with Crippen LogP contribution >= 0.6 is 24.0 Å². The molecule has 1 aliphatic heterocycles. The van der Waals surface area contributed by atoms with E-state index >= 15 is 0 Å². The first-order chi connectivity index (χ1) is 12.2. The summed E-state index contributed by atoms with van der Waals surface area (Å²) in [4.78, 5) is 7.17. The molecule has 0 amide bonds. The van der Waals surface area contributed by atoms with E-state index in [1.165, 1.54) is 0 Å². The lowest BCUT2D eigenvalue weighted by atomic mass is 10.1. The third-order valence-corrected chi connectivity index (χ3v) is 4.16. The van der Waals surface area contributed by atoms with E-state index in [1.807, 2.05) is 13.0 Å². The molecule has 1 fully saturated rings. The molecule has 1 aromatic heterocycles. The second kappa shape index (κ2) is 13.3. The fraction of sp³-hybridized carbons (Fsp3) is 0.722. The van der Waals surface area contributed by atoms with Crippen LogP contribution in [-0.4, -0.2) is 70.5 Å². The van der Waals surface area contributed by atoms with Crippen molar-refractivity contribution in [2.24, 2.45) is 4.99 Å². The minimum atomic E-state index is 0. The molecule has 0 aromatic carbocycles. The van der Waals surface area contributed by atoms with Crippen LogP contribution in [0, 0.1) is 6.92 Å². The fourth-order valence-electron chi connectivity index (χ4n) is 2.85. The summed E-state index contributed by atoms with van der Waals surface area (Å²) in [6, 6.07) is 4.21. The number of rotatable bonds is 9. The van der Waals surface area contributed by atoms with Gasteiger partial charge in [-0.15, -0.1) is 24.0 Å². The normalized spacial score (nSPS) is 16.8. The van der Waals surface area contributed by atoms with Gasteiger partial charge in [0, 0.05) is 39.9 Å². The Balaban J connectivity index is 0.00000338. The van der Waals surface area contributed by atoms with E-state index in [0.717, 1.165) is 69.9 Å². The molecule has 1 atom stereocenters. The molecule has 1 aromatic rings. The third-order valence-electron chi connectivity index (χ3n) is 4.16. The number of nitrogens with one attached hydrogen (secondary N) is 2. The van der Waals surface area contributed by atoms with Crippen molar-refractivity contribution in [1.29, 1.82) is 0 Å². The second-order valence-electron chi connectivity index (χ2n) is 6.11. The van der Waals surface area contributed by atoms with Crippen LogP contribution in [0.3, 0.4) is 0 Å². The van der Waals surface area contributed by atoms with Crippen LogP contribution in [0.25, 0.3) is 0 Å². The van der Waals surface area contributed by atoms with Crippen LogP contribution in [0.5, 0.6) is 0 Å². The summed E-state index contributed by atoms with van der Waals surface area (Å²) in [6.45, 7) is 10.4. The monoisotopic (exact) mass is 480 g/mol. The Morgan fingerprint density at radius 1 is 1.31 bits per heavy atom. The number of halogens is 1. The zero-order chi connectivity index (χ0) is 17.9. The van der Waals surface area contributed by atoms with Crippen molar-refractivity contribution in [2.45, 2.75) is 26.3 Å². The molecule has 2 heterocycles. The van der Waals surface area contributed by atoms with Crippen molar-refractivity contribution >= 4 is 29.9 Å². The molecule has 0 bridgehead atoms. The van der Waals surface area contributed by atoms with Crippen molar-refractivity contribution in [1.82, 2.24) is 15.5 Å². The SMILES string of the molecule is CCNC(=NCC(c1ccc(C)o1)N1CCOCC1)NCCCOC.I. The van der Waals surface area contributed by atoms with Gasteiger partial charge in [0.25, 0.3) is 0 Å². The zero-order valence-electron chi connectivity index (χ0n) is 16.1. The van der Waals surface area contributed by atoms with Gasteiger partial charge in [-0.25, -0.2) is 0 Å². The van der Waals surface area contributed by atoms with Gasteiger partial charge in [-0.05, 0) is 32.4 Å². The van der Waals surface area contributed by atoms with Gasteiger partial charge in [-0.2, -0.15) is 0 Å². The Bertz CT molecular complexity index is 518. The molecule has 1 unspecified atom stereocenters. The van der Waals surface area contributed by atoms with Crippen LogP contribution in [0.4, 0.5) is 0 Å². The fourth-order valence-corrected chi connectivity index (χ4v) is 2.85. The van der Waals surface area contributed by atoms with E-state index in [4.69, 9.17) is 18.9 Å². The van der Waals surface area contributed by atoms with Crippen molar-refractivity contribution < 1.29 is 13.9 Å². The summed E-state index contributed by atoms with van der Waals surface area (Å²) in [7, 11) is 1.72. The number of aryl methyl sites for hydroxylation is 1. The number of aliphatic imine (C=N–C) groups is 1. The molecule has 0 radical (unpaired) electrons. The van der Waals surface area contributed by atoms with Gasteiger partial charge in [0.1, 0.15) is 11.5 Å². The largest absolute Gasteiger partial charge is 0.465 e. The number of furan rings is 1.